The number of hydrogen-bond donors (Lipinski definition) is 4. The molecule has 0 unspecified atom stereocenters. The van der Waals surface area contributed by atoms with Gasteiger partial charge in [0, 0.05) is 58.8 Å². The van der Waals surface area contributed by atoms with E-state index in [0.29, 0.717) is 74.9 Å². The van der Waals surface area contributed by atoms with E-state index >= 15 is 0 Å². The SMILES string of the molecule is CC#N.CCCCCCNC(=O)COc1c2cc(C(C)(C)C)cc1Cc1cc(C(C)(C)C)cc(c1OCC(=O)NCCCCCC)Cc1cc(C(C)(C)C)cc(c1OCC(=O)NCCCCCC)Cc1cc(C(C)(C)C)cc(c1OCC(=O)NCCCCCC)C2.O. The van der Waals surface area contributed by atoms with Crippen LogP contribution in [0.5, 0.6) is 23.0 Å². The molecule has 0 radical (unpaired) electrons. The molecule has 0 saturated carbocycles. The molecule has 4 aromatic rings. The van der Waals surface area contributed by atoms with Crippen LogP contribution in [0.25, 0.3) is 0 Å². The summed E-state index contributed by atoms with van der Waals surface area (Å²) in [6.45, 7) is 38.2. The fourth-order valence-corrected chi connectivity index (χ4v) is 11.2. The number of unbranched alkanes of at least 4 members (excludes halogenated alkanes) is 12. The largest absolute Gasteiger partial charge is 0.483 e. The molecule has 0 saturated heterocycles. The van der Waals surface area contributed by atoms with E-state index in [9.17, 15) is 19.2 Å². The van der Waals surface area contributed by atoms with E-state index in [1.165, 1.54) is 6.92 Å². The number of hydrogen-bond acceptors (Lipinski definition) is 9. The molecule has 5 rings (SSSR count). The topological polar surface area (TPSA) is 209 Å². The first-order chi connectivity index (χ1) is 43.1. The quantitative estimate of drug-likeness (QED) is 0.0302. The molecule has 4 amide bonds. The van der Waals surface area contributed by atoms with Crippen LogP contribution in [0.15, 0.2) is 48.5 Å². The van der Waals surface area contributed by atoms with Gasteiger partial charge in [-0.05, 0) is 114 Å². The standard InChI is InChI=1S/C76H116N4O8.C2H3N.H2O/c1-17-21-25-29-33-77-65(81)49-85-69-53-37-55-43-62(74(8,9)10)45-57(70(55)86-50-66(82)78-34-30-26-22-18-2)39-59-47-64(76(14,15)16)48-60(72(59)88-52-68(84)80-36-32-28-24-20-4)40-58-46-63(75(11,12)13)44-56(38-54(69)42-61(41-53)73(5,6)7)71(58)87-51-67(83)79-35-31-27-23-19-3;1-2-3;/h41-48H,17-40,49-52H2,1-16H3,(H,77,81)(H,78,82)(H,79,83)(H,80,84);1H3;1H2. The normalized spacial score (nSPS) is 12.3. The Labute approximate surface area is 555 Å². The molecular weight excluding hydrogens is 1150 g/mol. The number of carbonyl (C=O) groups is 4. The lowest BCUT2D eigenvalue weighted by molar-refractivity contribution is -0.123. The Hall–Kier alpha value is -6.59. The van der Waals surface area contributed by atoms with Gasteiger partial charge in [-0.3, -0.25) is 19.2 Å². The fraction of sp³-hybridized carbons (Fsp3) is 0.628. The van der Waals surface area contributed by atoms with Crippen molar-refractivity contribution in [2.75, 3.05) is 52.6 Å². The molecular formula is C78H121N5O9. The van der Waals surface area contributed by atoms with Crippen molar-refractivity contribution >= 4 is 23.6 Å². The second-order valence-corrected chi connectivity index (χ2v) is 29.2. The Morgan fingerprint density at radius 1 is 0.348 bits per heavy atom. The van der Waals surface area contributed by atoms with Crippen LogP contribution in [-0.2, 0) is 66.5 Å². The number of ether oxygens (including phenoxy) is 4. The second kappa shape index (κ2) is 39.2. The molecule has 0 aromatic heterocycles. The summed E-state index contributed by atoms with van der Waals surface area (Å²) in [5.41, 5.74) is 9.96. The number of rotatable bonds is 32. The summed E-state index contributed by atoms with van der Waals surface area (Å²) in [7, 11) is 0. The zero-order valence-corrected chi connectivity index (χ0v) is 60.1. The predicted molar refractivity (Wildman–Crippen MR) is 377 cm³/mol. The average Bonchev–Trinajstić information content (AvgIpc) is 0.792. The zero-order chi connectivity index (χ0) is 67.4. The molecule has 92 heavy (non-hydrogen) atoms. The summed E-state index contributed by atoms with van der Waals surface area (Å²) in [5.74, 6) is 1.59. The van der Waals surface area contributed by atoms with Crippen molar-refractivity contribution < 1.29 is 43.6 Å². The Bertz CT molecular complexity index is 2520. The number of benzene rings is 4. The third kappa shape index (κ3) is 26.8. The highest BCUT2D eigenvalue weighted by Gasteiger charge is 2.30. The molecule has 6 N–H and O–H groups in total. The van der Waals surface area contributed by atoms with Crippen LogP contribution in [0.2, 0.25) is 0 Å². The maximum Gasteiger partial charge on any atom is 0.257 e. The molecule has 14 nitrogen and oxygen atoms in total. The third-order valence-electron chi connectivity index (χ3n) is 16.8. The van der Waals surface area contributed by atoms with Crippen LogP contribution in [0, 0.1) is 11.3 Å². The van der Waals surface area contributed by atoms with Crippen molar-refractivity contribution in [3.8, 4) is 29.1 Å². The number of nitriles is 1. The van der Waals surface area contributed by atoms with Gasteiger partial charge in [-0.25, -0.2) is 0 Å². The number of fused-ring (bicyclic) bond motifs is 8. The van der Waals surface area contributed by atoms with Gasteiger partial charge in [0.1, 0.15) is 23.0 Å². The minimum absolute atomic E-state index is 0. The molecule has 1 aliphatic carbocycles. The van der Waals surface area contributed by atoms with Gasteiger partial charge in [0.2, 0.25) is 0 Å². The zero-order valence-electron chi connectivity index (χ0n) is 60.1. The summed E-state index contributed by atoms with van der Waals surface area (Å²) in [6.07, 6.45) is 17.9. The van der Waals surface area contributed by atoms with Crippen molar-refractivity contribution in [2.24, 2.45) is 0 Å². The van der Waals surface area contributed by atoms with Gasteiger partial charge in [-0.2, -0.15) is 5.26 Å². The molecule has 512 valence electrons. The van der Waals surface area contributed by atoms with Gasteiger partial charge in [0.25, 0.3) is 23.6 Å². The molecule has 1 aliphatic rings. The molecule has 0 aliphatic heterocycles. The Kier molecular flexibility index (Phi) is 33.9. The fourth-order valence-electron chi connectivity index (χ4n) is 11.2. The van der Waals surface area contributed by atoms with Crippen molar-refractivity contribution in [1.29, 1.82) is 5.26 Å². The van der Waals surface area contributed by atoms with Gasteiger partial charge < -0.3 is 45.7 Å². The molecule has 0 atom stereocenters. The molecule has 0 fully saturated rings. The smallest absolute Gasteiger partial charge is 0.257 e. The number of nitrogens with zero attached hydrogens (tertiary/aromatic N) is 1. The maximum atomic E-state index is 14.0. The van der Waals surface area contributed by atoms with Gasteiger partial charge >= 0.3 is 0 Å². The van der Waals surface area contributed by atoms with Gasteiger partial charge in [-0.1, -0.05) is 236 Å². The first-order valence-electron chi connectivity index (χ1n) is 34.6. The summed E-state index contributed by atoms with van der Waals surface area (Å²) in [5, 5.41) is 19.9. The monoisotopic (exact) mass is 1270 g/mol. The van der Waals surface area contributed by atoms with Gasteiger partial charge in [0.05, 0.1) is 6.07 Å². The van der Waals surface area contributed by atoms with Crippen LogP contribution in [0.1, 0.15) is 287 Å². The van der Waals surface area contributed by atoms with Crippen LogP contribution in [0.4, 0.5) is 0 Å². The van der Waals surface area contributed by atoms with Crippen molar-refractivity contribution in [2.45, 2.75) is 268 Å². The highest BCUT2D eigenvalue weighted by Crippen LogP contribution is 2.44. The van der Waals surface area contributed by atoms with E-state index in [1.807, 2.05) is 0 Å². The van der Waals surface area contributed by atoms with E-state index in [4.69, 9.17) is 24.2 Å². The Morgan fingerprint density at radius 2 is 0.511 bits per heavy atom. The minimum atomic E-state index is -0.325. The van der Waals surface area contributed by atoms with Crippen molar-refractivity contribution in [3.63, 3.8) is 0 Å². The van der Waals surface area contributed by atoms with Crippen LogP contribution >= 0.6 is 0 Å². The summed E-state index contributed by atoms with van der Waals surface area (Å²) < 4.78 is 28.0. The van der Waals surface area contributed by atoms with Crippen LogP contribution < -0.4 is 40.2 Å². The summed E-state index contributed by atoms with van der Waals surface area (Å²) in [4.78, 5) is 55.9. The third-order valence-corrected chi connectivity index (χ3v) is 16.8. The van der Waals surface area contributed by atoms with E-state index in [0.717, 1.165) is 169 Å². The number of amides is 4. The number of carbonyl (C=O) groups excluding carboxylic acids is 4. The first-order valence-corrected chi connectivity index (χ1v) is 34.6. The lowest BCUT2D eigenvalue weighted by atomic mass is 9.79. The molecule has 4 aromatic carbocycles. The Morgan fingerprint density at radius 3 is 0.652 bits per heavy atom. The first kappa shape index (κ1) is 79.6. The van der Waals surface area contributed by atoms with E-state index in [1.54, 1.807) is 6.07 Å². The van der Waals surface area contributed by atoms with Crippen molar-refractivity contribution in [1.82, 2.24) is 21.3 Å². The predicted octanol–water partition coefficient (Wildman–Crippen LogP) is 15.6. The summed E-state index contributed by atoms with van der Waals surface area (Å²) >= 11 is 0. The van der Waals surface area contributed by atoms with E-state index < -0.39 is 0 Å². The molecule has 14 heteroatoms. The minimum Gasteiger partial charge on any atom is -0.483 e. The van der Waals surface area contributed by atoms with Crippen LogP contribution in [0.3, 0.4) is 0 Å². The lowest BCUT2D eigenvalue weighted by Gasteiger charge is -2.29. The highest BCUT2D eigenvalue weighted by molar-refractivity contribution is 5.79. The van der Waals surface area contributed by atoms with Gasteiger partial charge in [-0.15, -0.1) is 0 Å². The van der Waals surface area contributed by atoms with Crippen molar-refractivity contribution in [3.05, 3.63) is 115 Å². The number of nitrogens with one attached hydrogen (secondary N) is 4. The lowest BCUT2D eigenvalue weighted by Crippen LogP contribution is -2.30. The molecule has 8 bridgehead atoms. The summed E-state index contributed by atoms with van der Waals surface area (Å²) in [6, 6.07) is 19.5. The van der Waals surface area contributed by atoms with E-state index in [-0.39, 0.29) is 77.2 Å². The van der Waals surface area contributed by atoms with Gasteiger partial charge in [0.15, 0.2) is 26.4 Å². The highest BCUT2D eigenvalue weighted by atomic mass is 16.5. The molecule has 0 spiro atoms. The molecule has 0 heterocycles. The average molecular weight is 1270 g/mol. The Balaban J connectivity index is 0.00000541. The van der Waals surface area contributed by atoms with Crippen LogP contribution in [-0.4, -0.2) is 81.7 Å². The second-order valence-electron chi connectivity index (χ2n) is 29.2. The van der Waals surface area contributed by atoms with E-state index in [2.05, 4.69) is 181 Å². The maximum absolute atomic E-state index is 14.0.